The number of fused-ring (bicyclic) bond motifs is 1. The highest BCUT2D eigenvalue weighted by Crippen LogP contribution is 2.31. The summed E-state index contributed by atoms with van der Waals surface area (Å²) in [6.07, 6.45) is 1.64. The Morgan fingerprint density at radius 1 is 1.00 bits per heavy atom. The molecule has 6 nitrogen and oxygen atoms in total. The first-order valence-electron chi connectivity index (χ1n) is 10.1. The third kappa shape index (κ3) is 4.46. The molecular weight excluding hydrogens is 456 g/mol. The van der Waals surface area contributed by atoms with Crippen molar-refractivity contribution >= 4 is 51.4 Å². The zero-order valence-electron chi connectivity index (χ0n) is 17.2. The van der Waals surface area contributed by atoms with E-state index in [-0.39, 0.29) is 11.4 Å². The minimum atomic E-state index is -0.456. The van der Waals surface area contributed by atoms with Gasteiger partial charge < -0.3 is 4.74 Å². The lowest BCUT2D eigenvalue weighted by molar-refractivity contribution is -0.114. The summed E-state index contributed by atoms with van der Waals surface area (Å²) in [4.78, 5) is 16.8. The van der Waals surface area contributed by atoms with Gasteiger partial charge in [-0.05, 0) is 41.6 Å². The summed E-state index contributed by atoms with van der Waals surface area (Å²) >= 11 is 7.45. The van der Waals surface area contributed by atoms with Gasteiger partial charge in [0, 0.05) is 16.1 Å². The van der Waals surface area contributed by atoms with Crippen LogP contribution in [0.2, 0.25) is 5.02 Å². The molecule has 0 radical (unpaired) electrons. The Bertz CT molecular complexity index is 1330. The number of hydrazone groups is 1. The van der Waals surface area contributed by atoms with Crippen molar-refractivity contribution in [2.45, 2.75) is 6.61 Å². The summed E-state index contributed by atoms with van der Waals surface area (Å²) in [5, 5.41) is 16.2. The number of hydrogen-bond donors (Lipinski definition) is 1. The summed E-state index contributed by atoms with van der Waals surface area (Å²) in [6.45, 7) is 0.356. The molecule has 33 heavy (non-hydrogen) atoms. The van der Waals surface area contributed by atoms with Crippen molar-refractivity contribution in [1.29, 1.82) is 5.41 Å². The number of ether oxygens (including phenoxy) is 1. The standard InChI is InChI=1S/C25H17ClN4O2S/c26-21-9-5-4-8-18(21)15-32-19-12-10-16(11-13-19)14-20-22(27)30-25(28-23(20)31)33-24(29-30)17-6-2-1-3-7-17/h1-14,27H,15H2/b20-14-,27-22?. The van der Waals surface area contributed by atoms with Gasteiger partial charge in [0.2, 0.25) is 5.17 Å². The highest BCUT2D eigenvalue weighted by atomic mass is 35.5. The Labute approximate surface area is 199 Å². The zero-order chi connectivity index (χ0) is 22.8. The van der Waals surface area contributed by atoms with Crippen molar-refractivity contribution in [2.75, 3.05) is 0 Å². The predicted octanol–water partition coefficient (Wildman–Crippen LogP) is 5.59. The van der Waals surface area contributed by atoms with Crippen LogP contribution in [0.1, 0.15) is 16.7 Å². The van der Waals surface area contributed by atoms with E-state index >= 15 is 0 Å². The maximum absolute atomic E-state index is 12.6. The van der Waals surface area contributed by atoms with Crippen LogP contribution in [0.15, 0.2) is 94.5 Å². The van der Waals surface area contributed by atoms with E-state index in [0.717, 1.165) is 16.7 Å². The molecule has 0 aliphatic carbocycles. The molecule has 2 aliphatic rings. The minimum absolute atomic E-state index is 0.00229. The molecule has 0 spiro atoms. The molecule has 0 fully saturated rings. The van der Waals surface area contributed by atoms with Crippen LogP contribution in [0, 0.1) is 5.41 Å². The van der Waals surface area contributed by atoms with Crippen molar-refractivity contribution in [3.05, 3.63) is 106 Å². The van der Waals surface area contributed by atoms with Crippen LogP contribution >= 0.6 is 23.4 Å². The first kappa shape index (κ1) is 21.2. The lowest BCUT2D eigenvalue weighted by Crippen LogP contribution is -2.35. The summed E-state index contributed by atoms with van der Waals surface area (Å²) in [7, 11) is 0. The van der Waals surface area contributed by atoms with Crippen molar-refractivity contribution < 1.29 is 9.53 Å². The second kappa shape index (κ2) is 9.05. The maximum Gasteiger partial charge on any atom is 0.283 e. The van der Waals surface area contributed by atoms with Gasteiger partial charge >= 0.3 is 0 Å². The number of nitrogens with one attached hydrogen (secondary N) is 1. The fourth-order valence-electron chi connectivity index (χ4n) is 3.29. The van der Waals surface area contributed by atoms with Crippen LogP contribution in [-0.2, 0) is 11.4 Å². The Hall–Kier alpha value is -3.68. The van der Waals surface area contributed by atoms with E-state index in [2.05, 4.69) is 10.1 Å². The molecule has 162 valence electrons. The number of aliphatic imine (C=N–C) groups is 1. The molecule has 2 heterocycles. The number of hydrogen-bond acceptors (Lipinski definition) is 5. The summed E-state index contributed by atoms with van der Waals surface area (Å²) in [6, 6.07) is 24.4. The Morgan fingerprint density at radius 2 is 1.73 bits per heavy atom. The van der Waals surface area contributed by atoms with Crippen molar-refractivity contribution in [3.63, 3.8) is 0 Å². The predicted molar refractivity (Wildman–Crippen MR) is 133 cm³/mol. The summed E-state index contributed by atoms with van der Waals surface area (Å²) in [5.74, 6) is 0.222. The third-order valence-electron chi connectivity index (χ3n) is 5.02. The van der Waals surface area contributed by atoms with Crippen LogP contribution in [-0.4, -0.2) is 27.0 Å². The molecule has 3 aromatic rings. The number of thioether (sulfide) groups is 1. The number of nitrogens with zero attached hydrogens (tertiary/aromatic N) is 3. The molecule has 1 N–H and O–H groups in total. The molecule has 0 saturated carbocycles. The topological polar surface area (TPSA) is 78.1 Å². The number of carbonyl (C=O) groups is 1. The molecule has 3 aromatic carbocycles. The Balaban J connectivity index is 1.32. The largest absolute Gasteiger partial charge is 0.489 e. The number of amides is 1. The second-order valence-electron chi connectivity index (χ2n) is 7.24. The van der Waals surface area contributed by atoms with Gasteiger partial charge in [-0.2, -0.15) is 15.1 Å². The van der Waals surface area contributed by atoms with Crippen LogP contribution < -0.4 is 4.74 Å². The lowest BCUT2D eigenvalue weighted by atomic mass is 10.1. The van der Waals surface area contributed by atoms with E-state index in [4.69, 9.17) is 21.7 Å². The number of benzene rings is 3. The molecule has 0 aromatic heterocycles. The average molecular weight is 473 g/mol. The smallest absolute Gasteiger partial charge is 0.283 e. The Morgan fingerprint density at radius 3 is 2.48 bits per heavy atom. The number of halogens is 1. The lowest BCUT2D eigenvalue weighted by Gasteiger charge is -2.20. The molecule has 2 aliphatic heterocycles. The molecule has 0 atom stereocenters. The van der Waals surface area contributed by atoms with E-state index in [1.165, 1.54) is 16.8 Å². The minimum Gasteiger partial charge on any atom is -0.489 e. The summed E-state index contributed by atoms with van der Waals surface area (Å²) in [5.41, 5.74) is 2.75. The van der Waals surface area contributed by atoms with Gasteiger partial charge in [-0.1, -0.05) is 72.3 Å². The van der Waals surface area contributed by atoms with Crippen LogP contribution in [0.5, 0.6) is 5.75 Å². The molecule has 5 rings (SSSR count). The van der Waals surface area contributed by atoms with Crippen LogP contribution in [0.3, 0.4) is 0 Å². The maximum atomic E-state index is 12.6. The first-order valence-corrected chi connectivity index (χ1v) is 11.3. The van der Waals surface area contributed by atoms with Crippen LogP contribution in [0.4, 0.5) is 0 Å². The monoisotopic (exact) mass is 472 g/mol. The Kier molecular flexibility index (Phi) is 5.81. The third-order valence-corrected chi connectivity index (χ3v) is 6.34. The second-order valence-corrected chi connectivity index (χ2v) is 8.60. The van der Waals surface area contributed by atoms with Gasteiger partial charge in [0.15, 0.2) is 5.84 Å². The van der Waals surface area contributed by atoms with Crippen molar-refractivity contribution in [2.24, 2.45) is 10.1 Å². The van der Waals surface area contributed by atoms with E-state index in [1.807, 2.05) is 78.9 Å². The number of amidine groups is 2. The SMILES string of the molecule is N=C1/C(=C/c2ccc(OCc3ccccc3Cl)cc2)C(=O)N=C2SC(c3ccccc3)=NN12. The van der Waals surface area contributed by atoms with E-state index in [9.17, 15) is 4.79 Å². The molecule has 0 unspecified atom stereocenters. The molecule has 0 bridgehead atoms. The quantitative estimate of drug-likeness (QED) is 0.491. The van der Waals surface area contributed by atoms with Crippen molar-refractivity contribution in [1.82, 2.24) is 5.01 Å². The highest BCUT2D eigenvalue weighted by Gasteiger charge is 2.35. The summed E-state index contributed by atoms with van der Waals surface area (Å²) < 4.78 is 5.81. The van der Waals surface area contributed by atoms with Crippen LogP contribution in [0.25, 0.3) is 6.08 Å². The van der Waals surface area contributed by atoms with E-state index in [1.54, 1.807) is 6.08 Å². The van der Waals surface area contributed by atoms with Gasteiger partial charge in [-0.15, -0.1) is 0 Å². The zero-order valence-corrected chi connectivity index (χ0v) is 18.8. The van der Waals surface area contributed by atoms with Gasteiger partial charge in [0.05, 0.1) is 5.57 Å². The van der Waals surface area contributed by atoms with E-state index in [0.29, 0.717) is 27.6 Å². The normalized spacial score (nSPS) is 16.5. The van der Waals surface area contributed by atoms with Gasteiger partial charge in [-0.25, -0.2) is 0 Å². The van der Waals surface area contributed by atoms with Crippen molar-refractivity contribution in [3.8, 4) is 5.75 Å². The average Bonchev–Trinajstić information content (AvgIpc) is 3.27. The van der Waals surface area contributed by atoms with Gasteiger partial charge in [0.25, 0.3) is 5.91 Å². The number of carbonyl (C=O) groups excluding carboxylic acids is 1. The fourth-order valence-corrected chi connectivity index (χ4v) is 4.38. The van der Waals surface area contributed by atoms with Gasteiger partial charge in [0.1, 0.15) is 17.4 Å². The molecule has 0 saturated heterocycles. The highest BCUT2D eigenvalue weighted by molar-refractivity contribution is 8.27. The van der Waals surface area contributed by atoms with Gasteiger partial charge in [-0.3, -0.25) is 10.2 Å². The fraction of sp³-hybridized carbons (Fsp3) is 0.0400. The molecule has 8 heteroatoms. The van der Waals surface area contributed by atoms with E-state index < -0.39 is 5.91 Å². The molecular formula is C25H17ClN4O2S. The first-order chi connectivity index (χ1) is 16.1. The number of rotatable bonds is 5. The molecule has 1 amide bonds.